The van der Waals surface area contributed by atoms with Crippen molar-refractivity contribution >= 4 is 86.8 Å². The first kappa shape index (κ1) is 68.6. The Labute approximate surface area is 536 Å². The molecule has 0 radical (unpaired) electrons. The number of aromatic nitrogens is 4. The molecule has 9 atom stereocenters. The first-order valence-corrected chi connectivity index (χ1v) is 31.2. The summed E-state index contributed by atoms with van der Waals surface area (Å²) in [5, 5.41) is 47.0. The third-order valence-corrected chi connectivity index (χ3v) is 16.3. The Kier molecular flexibility index (Phi) is 24.1. The minimum Gasteiger partial charge on any atom is -0.508 e. The van der Waals surface area contributed by atoms with E-state index < -0.39 is 108 Å². The molecule has 3 aromatic carbocycles. The number of amides is 10. The number of carbonyl (C=O) groups is 10. The van der Waals surface area contributed by atoms with Crippen LogP contribution in [0.4, 0.5) is 0 Å². The number of likely N-dealkylation sites (tertiary alicyclic amines) is 1. The van der Waals surface area contributed by atoms with E-state index in [1.54, 1.807) is 43.6 Å². The summed E-state index contributed by atoms with van der Waals surface area (Å²) in [5.41, 5.74) is 14.6. The van der Waals surface area contributed by atoms with Gasteiger partial charge in [0.05, 0.1) is 12.9 Å². The minimum absolute atomic E-state index is 0.0647. The number of carbonyl (C=O) groups excluding carboxylic acids is 10. The lowest BCUT2D eigenvalue weighted by molar-refractivity contribution is -0.142. The van der Waals surface area contributed by atoms with E-state index >= 15 is 9.59 Å². The largest absolute Gasteiger partial charge is 0.508 e. The smallest absolute Gasteiger partial charge is 0.245 e. The zero-order chi connectivity index (χ0) is 66.7. The molecule has 29 heteroatoms. The molecule has 2 saturated heterocycles. The van der Waals surface area contributed by atoms with E-state index in [1.807, 2.05) is 38.1 Å². The SMILES string of the molecule is CCNC(=O)[C@@H]1CCCN1C(=O)[C@@H](CCCN=C(N)N)NC(=O)[C@H](CC(C)C)NC(=O)[C@@H](Cc1c[nH]c2ccccc12)NC(=O)[C@H](Cc1ccc(O)cc1)NC(=O)[C@H](CO)NC(=O)[C@H](Cc1c[nH]c2ccccc12)NC(=O)[C@H](Cc1cnc[nH]1)NC(=O)[C@@H]1CCC(=O)N1. The summed E-state index contributed by atoms with van der Waals surface area (Å²) < 4.78 is 0. The number of fused-ring (bicyclic) bond motifs is 2. The quantitative estimate of drug-likeness (QED) is 0.0140. The maximum atomic E-state index is 15.1. The summed E-state index contributed by atoms with van der Waals surface area (Å²) in [7, 11) is 0. The number of phenolic OH excluding ortho intramolecular Hbond substituents is 1. The molecule has 2 fully saturated rings. The lowest BCUT2D eigenvalue weighted by atomic mass is 9.99. The van der Waals surface area contributed by atoms with Crippen molar-refractivity contribution in [2.24, 2.45) is 22.4 Å². The number of guanidine groups is 1. The number of benzene rings is 3. The summed E-state index contributed by atoms with van der Waals surface area (Å²) in [6, 6.07) is 8.42. The Hall–Kier alpha value is -10.3. The minimum atomic E-state index is -1.78. The Morgan fingerprint density at radius 3 is 1.73 bits per heavy atom. The second-order valence-electron chi connectivity index (χ2n) is 23.7. The lowest BCUT2D eigenvalue weighted by Crippen LogP contribution is -2.61. The number of phenols is 1. The van der Waals surface area contributed by atoms with Gasteiger partial charge < -0.3 is 89.4 Å². The molecule has 0 unspecified atom stereocenters. The Balaban J connectivity index is 1.05. The molecule has 18 N–H and O–H groups in total. The van der Waals surface area contributed by atoms with E-state index in [2.05, 4.69) is 72.8 Å². The second-order valence-corrected chi connectivity index (χ2v) is 23.7. The molecule has 0 aliphatic carbocycles. The van der Waals surface area contributed by atoms with Crippen LogP contribution in [0.15, 0.2) is 103 Å². The lowest BCUT2D eigenvalue weighted by Gasteiger charge is -2.30. The van der Waals surface area contributed by atoms with Crippen LogP contribution in [0, 0.1) is 5.92 Å². The van der Waals surface area contributed by atoms with E-state index in [-0.39, 0.29) is 100 Å². The number of rotatable bonds is 32. The number of nitrogens with one attached hydrogen (secondary N) is 12. The highest BCUT2D eigenvalue weighted by atomic mass is 16.3. The molecule has 5 heterocycles. The van der Waals surface area contributed by atoms with E-state index in [0.29, 0.717) is 63.6 Å². The van der Waals surface area contributed by atoms with Crippen molar-refractivity contribution < 1.29 is 58.2 Å². The highest BCUT2D eigenvalue weighted by molar-refractivity contribution is 6.00. The monoisotopic (exact) mass is 1280 g/mol. The molecule has 2 aliphatic rings. The van der Waals surface area contributed by atoms with Crippen molar-refractivity contribution in [1.29, 1.82) is 0 Å². The summed E-state index contributed by atoms with van der Waals surface area (Å²) in [6.45, 7) is 5.14. The van der Waals surface area contributed by atoms with Crippen LogP contribution in [0.1, 0.15) is 88.1 Å². The van der Waals surface area contributed by atoms with Crippen LogP contribution >= 0.6 is 0 Å². The predicted octanol–water partition coefficient (Wildman–Crippen LogP) is -0.760. The third kappa shape index (κ3) is 18.9. The van der Waals surface area contributed by atoms with Gasteiger partial charge in [-0.1, -0.05) is 62.4 Å². The molecule has 0 bridgehead atoms. The van der Waals surface area contributed by atoms with Crippen LogP contribution in [-0.2, 0) is 73.6 Å². The molecule has 93 heavy (non-hydrogen) atoms. The van der Waals surface area contributed by atoms with Crippen LogP contribution in [-0.4, -0.2) is 181 Å². The molecule has 496 valence electrons. The highest BCUT2D eigenvalue weighted by Gasteiger charge is 2.40. The zero-order valence-corrected chi connectivity index (χ0v) is 52.1. The van der Waals surface area contributed by atoms with Crippen LogP contribution in [0.2, 0.25) is 0 Å². The molecule has 6 aromatic rings. The van der Waals surface area contributed by atoms with Crippen molar-refractivity contribution in [3.63, 3.8) is 0 Å². The topological polar surface area (TPSA) is 447 Å². The fourth-order valence-electron chi connectivity index (χ4n) is 11.5. The third-order valence-electron chi connectivity index (χ3n) is 16.3. The molecular formula is C64H83N17O12. The van der Waals surface area contributed by atoms with Crippen LogP contribution in [0.25, 0.3) is 21.8 Å². The van der Waals surface area contributed by atoms with E-state index in [9.17, 15) is 48.6 Å². The zero-order valence-electron chi connectivity index (χ0n) is 52.1. The average molecular weight is 1280 g/mol. The maximum Gasteiger partial charge on any atom is 0.245 e. The first-order valence-electron chi connectivity index (χ1n) is 31.2. The highest BCUT2D eigenvalue weighted by Crippen LogP contribution is 2.24. The number of imidazole rings is 1. The second kappa shape index (κ2) is 32.6. The number of likely N-dealkylation sites (N-methyl/N-ethyl adjacent to an activating group) is 1. The Morgan fingerprint density at radius 1 is 0.656 bits per heavy atom. The van der Waals surface area contributed by atoms with E-state index in [4.69, 9.17) is 11.5 Å². The number of aliphatic imine (C=N–C) groups is 1. The Bertz CT molecular complexity index is 3640. The van der Waals surface area contributed by atoms with Crippen LogP contribution < -0.4 is 59.3 Å². The van der Waals surface area contributed by atoms with Gasteiger partial charge in [0.1, 0.15) is 60.1 Å². The van der Waals surface area contributed by atoms with Gasteiger partial charge in [0.15, 0.2) is 5.96 Å². The molecule has 10 amide bonds. The Morgan fingerprint density at radius 2 is 1.19 bits per heavy atom. The predicted molar refractivity (Wildman–Crippen MR) is 343 cm³/mol. The van der Waals surface area contributed by atoms with Gasteiger partial charge in [-0.15, -0.1) is 0 Å². The summed E-state index contributed by atoms with van der Waals surface area (Å²) >= 11 is 0. The number of hydrogen-bond acceptors (Lipinski definition) is 14. The van der Waals surface area contributed by atoms with Gasteiger partial charge in [-0.3, -0.25) is 52.9 Å². The van der Waals surface area contributed by atoms with Crippen molar-refractivity contribution in [2.45, 2.75) is 146 Å². The number of nitrogens with two attached hydrogens (primary N) is 2. The molecule has 2 aliphatic heterocycles. The number of H-pyrrole nitrogens is 3. The van der Waals surface area contributed by atoms with E-state index in [1.165, 1.54) is 41.7 Å². The van der Waals surface area contributed by atoms with Crippen molar-refractivity contribution in [3.05, 3.63) is 120 Å². The van der Waals surface area contributed by atoms with Gasteiger partial charge in [-0.2, -0.15) is 0 Å². The number of aromatic amines is 3. The van der Waals surface area contributed by atoms with Crippen LogP contribution in [0.5, 0.6) is 5.75 Å². The summed E-state index contributed by atoms with van der Waals surface area (Å²) in [4.78, 5) is 160. The van der Waals surface area contributed by atoms with Crippen molar-refractivity contribution in [3.8, 4) is 5.75 Å². The van der Waals surface area contributed by atoms with Gasteiger partial charge in [-0.25, -0.2) is 4.98 Å². The maximum absolute atomic E-state index is 15.1. The number of aliphatic hydroxyl groups excluding tert-OH is 1. The number of aromatic hydroxyl groups is 1. The fourth-order valence-corrected chi connectivity index (χ4v) is 11.5. The van der Waals surface area contributed by atoms with Gasteiger partial charge in [0.2, 0.25) is 59.1 Å². The molecule has 8 rings (SSSR count). The number of para-hydroxylation sites is 2. The van der Waals surface area contributed by atoms with Gasteiger partial charge in [0, 0.05) is 97.8 Å². The summed E-state index contributed by atoms with van der Waals surface area (Å²) in [5.74, 6) is -7.58. The number of hydrogen-bond donors (Lipinski definition) is 16. The van der Waals surface area contributed by atoms with Crippen molar-refractivity contribution in [1.82, 2.24) is 72.7 Å². The molecule has 29 nitrogen and oxygen atoms in total. The first-order chi connectivity index (χ1) is 44.7. The molecule has 0 spiro atoms. The van der Waals surface area contributed by atoms with Crippen molar-refractivity contribution in [2.75, 3.05) is 26.2 Å². The van der Waals surface area contributed by atoms with Gasteiger partial charge in [-0.05, 0) is 92.3 Å². The van der Waals surface area contributed by atoms with Crippen LogP contribution in [0.3, 0.4) is 0 Å². The molecular weight excluding hydrogens is 1200 g/mol. The average Bonchev–Trinajstić information content (AvgIpc) is 1.82. The standard InChI is InChI=1S/C64H83N17O12/c1-4-68-62(92)53-16-10-24-81(53)63(93)46(15-9-23-69-64(65)66)74-56(86)47(25-35(2)3)75-58(88)49(27-37-30-70-43-13-7-5-11-41(37)43)77-57(87)48(26-36-17-19-40(83)20-18-36)76-61(91)52(33-82)80-59(89)50(28-38-31-71-44-14-8-6-12-42(38)44)78-60(90)51(29-39-32-67-34-72-39)79-55(85)45-21-22-54(84)73-45/h5-8,11-14,17-20,30-32,34-35,45-53,70-71,82-83H,4,9-10,15-16,21-29,33H2,1-3H3,(H,67,72)(H,68,92)(H,73,84)(H,74,86)(H,75,88)(H,76,91)(H,77,87)(H,78,90)(H,79,85)(H,80,89)(H4,65,66,69)/t45-,46+,47-,48-,49+,50-,51-,52-,53-/m0/s1. The number of aliphatic hydroxyl groups is 1. The fraction of sp³-hybridized carbons (Fsp3) is 0.438. The molecule has 3 aromatic heterocycles. The number of nitrogens with zero attached hydrogens (tertiary/aromatic N) is 3. The summed E-state index contributed by atoms with van der Waals surface area (Å²) in [6.07, 6.45) is 7.10. The van der Waals surface area contributed by atoms with E-state index in [0.717, 1.165) is 0 Å². The van der Waals surface area contributed by atoms with Gasteiger partial charge >= 0.3 is 0 Å². The molecule has 0 saturated carbocycles. The van der Waals surface area contributed by atoms with Gasteiger partial charge in [0.25, 0.3) is 0 Å². The normalized spacial score (nSPS) is 16.8.